The van der Waals surface area contributed by atoms with Crippen LogP contribution in [0.25, 0.3) is 0 Å². The summed E-state index contributed by atoms with van der Waals surface area (Å²) in [4.78, 5) is 17.4. The Balaban J connectivity index is 2.52. The van der Waals surface area contributed by atoms with E-state index in [1.165, 1.54) is 0 Å². The van der Waals surface area contributed by atoms with Gasteiger partial charge in [0.15, 0.2) is 5.96 Å². The van der Waals surface area contributed by atoms with Crippen molar-refractivity contribution in [2.45, 2.75) is 13.8 Å². The smallest absolute Gasteiger partial charge is 0.224 e. The molecule has 0 aromatic rings. The predicted octanol–water partition coefficient (Wildman–Crippen LogP) is -0.139. The van der Waals surface area contributed by atoms with E-state index in [-0.39, 0.29) is 5.91 Å². The Morgan fingerprint density at radius 2 is 1.94 bits per heavy atom. The molecule has 0 spiro atoms. The Morgan fingerprint density at radius 1 is 1.38 bits per heavy atom. The van der Waals surface area contributed by atoms with Gasteiger partial charge >= 0.3 is 0 Å². The van der Waals surface area contributed by atoms with E-state index in [4.69, 9.17) is 11.5 Å². The molecule has 0 saturated carbocycles. The fraction of sp³-hybridized carbons (Fsp3) is 0.800. The molecule has 16 heavy (non-hydrogen) atoms. The molecular weight excluding hydrogens is 224 g/mol. The zero-order chi connectivity index (χ0) is 12.2. The number of hydrogen-bond acceptors (Lipinski definition) is 3. The molecule has 1 heterocycles. The standard InChI is InChI=1S/C10H20N4OS/c1-10(2,8(11)15)7-13-9(12)14-3-5-16-6-4-14/h3-7H2,1-2H3,(H2,11,15)(H2,12,13). The van der Waals surface area contributed by atoms with Gasteiger partial charge in [-0.05, 0) is 13.8 Å². The van der Waals surface area contributed by atoms with Gasteiger partial charge in [0.05, 0.1) is 12.0 Å². The van der Waals surface area contributed by atoms with E-state index in [9.17, 15) is 4.79 Å². The van der Waals surface area contributed by atoms with E-state index in [2.05, 4.69) is 4.99 Å². The third kappa shape index (κ3) is 3.59. The molecule has 1 fully saturated rings. The van der Waals surface area contributed by atoms with Crippen molar-refractivity contribution in [2.75, 3.05) is 31.1 Å². The van der Waals surface area contributed by atoms with E-state index >= 15 is 0 Å². The fourth-order valence-electron chi connectivity index (χ4n) is 1.25. The van der Waals surface area contributed by atoms with Crippen molar-refractivity contribution in [3.8, 4) is 0 Å². The lowest BCUT2D eigenvalue weighted by molar-refractivity contribution is -0.125. The zero-order valence-electron chi connectivity index (χ0n) is 9.90. The highest BCUT2D eigenvalue weighted by atomic mass is 32.2. The molecule has 0 atom stereocenters. The van der Waals surface area contributed by atoms with Crippen LogP contribution in [0.1, 0.15) is 13.8 Å². The molecule has 1 aliphatic heterocycles. The molecule has 0 unspecified atom stereocenters. The highest BCUT2D eigenvalue weighted by molar-refractivity contribution is 7.99. The van der Waals surface area contributed by atoms with Crippen molar-refractivity contribution in [3.63, 3.8) is 0 Å². The van der Waals surface area contributed by atoms with E-state index in [1.807, 2.05) is 16.7 Å². The molecule has 0 aliphatic carbocycles. The number of aliphatic imine (C=N–C) groups is 1. The average molecular weight is 244 g/mol. The minimum atomic E-state index is -0.630. The Labute approximate surface area is 101 Å². The summed E-state index contributed by atoms with van der Waals surface area (Å²) in [5, 5.41) is 0. The second-order valence-corrected chi connectivity index (χ2v) is 5.75. The summed E-state index contributed by atoms with van der Waals surface area (Å²) >= 11 is 1.92. The Bertz CT molecular complexity index is 285. The summed E-state index contributed by atoms with van der Waals surface area (Å²) in [6, 6.07) is 0. The predicted molar refractivity (Wildman–Crippen MR) is 68.4 cm³/mol. The zero-order valence-corrected chi connectivity index (χ0v) is 10.7. The van der Waals surface area contributed by atoms with E-state index in [0.29, 0.717) is 12.5 Å². The average Bonchev–Trinajstić information content (AvgIpc) is 2.27. The summed E-state index contributed by atoms with van der Waals surface area (Å²) in [5.74, 6) is 2.33. The van der Waals surface area contributed by atoms with Crippen LogP contribution in [0.5, 0.6) is 0 Å². The summed E-state index contributed by atoms with van der Waals surface area (Å²) in [5.41, 5.74) is 10.5. The van der Waals surface area contributed by atoms with Gasteiger partial charge in [-0.1, -0.05) is 0 Å². The quantitative estimate of drug-likeness (QED) is 0.534. The maximum Gasteiger partial charge on any atom is 0.224 e. The number of rotatable bonds is 3. The van der Waals surface area contributed by atoms with Crippen molar-refractivity contribution >= 4 is 23.6 Å². The molecule has 4 N–H and O–H groups in total. The molecule has 6 heteroatoms. The number of carbonyl (C=O) groups is 1. The first kappa shape index (κ1) is 13.2. The first-order valence-corrected chi connectivity index (χ1v) is 6.51. The van der Waals surface area contributed by atoms with Crippen LogP contribution in [-0.2, 0) is 4.79 Å². The van der Waals surface area contributed by atoms with E-state index < -0.39 is 5.41 Å². The van der Waals surface area contributed by atoms with Gasteiger partial charge in [-0.2, -0.15) is 11.8 Å². The second-order valence-electron chi connectivity index (χ2n) is 4.52. The topological polar surface area (TPSA) is 84.7 Å². The largest absolute Gasteiger partial charge is 0.370 e. The summed E-state index contributed by atoms with van der Waals surface area (Å²) in [6.45, 7) is 5.75. The lowest BCUT2D eigenvalue weighted by Gasteiger charge is -2.28. The number of nitrogens with two attached hydrogens (primary N) is 2. The highest BCUT2D eigenvalue weighted by Gasteiger charge is 2.25. The van der Waals surface area contributed by atoms with Gasteiger partial charge in [-0.15, -0.1) is 0 Å². The number of hydrogen-bond donors (Lipinski definition) is 2. The molecule has 0 radical (unpaired) electrons. The molecule has 1 rings (SSSR count). The second kappa shape index (κ2) is 5.43. The number of primary amides is 1. The minimum Gasteiger partial charge on any atom is -0.370 e. The Morgan fingerprint density at radius 3 is 2.44 bits per heavy atom. The van der Waals surface area contributed by atoms with Crippen LogP contribution in [0.3, 0.4) is 0 Å². The van der Waals surface area contributed by atoms with E-state index in [1.54, 1.807) is 13.8 Å². The van der Waals surface area contributed by atoms with Crippen molar-refractivity contribution < 1.29 is 4.79 Å². The number of thioether (sulfide) groups is 1. The van der Waals surface area contributed by atoms with Crippen molar-refractivity contribution in [3.05, 3.63) is 0 Å². The lowest BCUT2D eigenvalue weighted by atomic mass is 9.93. The first-order valence-electron chi connectivity index (χ1n) is 5.36. The minimum absolute atomic E-state index is 0.345. The van der Waals surface area contributed by atoms with Crippen molar-refractivity contribution in [1.29, 1.82) is 0 Å². The monoisotopic (exact) mass is 244 g/mol. The van der Waals surface area contributed by atoms with Gasteiger partial charge in [0.1, 0.15) is 0 Å². The van der Waals surface area contributed by atoms with Gasteiger partial charge in [0.2, 0.25) is 5.91 Å². The lowest BCUT2D eigenvalue weighted by Crippen LogP contribution is -2.43. The van der Waals surface area contributed by atoms with Gasteiger partial charge in [-0.25, -0.2) is 0 Å². The van der Waals surface area contributed by atoms with Crippen LogP contribution >= 0.6 is 11.8 Å². The highest BCUT2D eigenvalue weighted by Crippen LogP contribution is 2.15. The Kier molecular flexibility index (Phi) is 4.46. The summed E-state index contributed by atoms with van der Waals surface area (Å²) in [7, 11) is 0. The van der Waals surface area contributed by atoms with E-state index in [0.717, 1.165) is 24.6 Å². The molecular formula is C10H20N4OS. The Hall–Kier alpha value is -0.910. The first-order chi connectivity index (χ1) is 7.43. The SMILES string of the molecule is CC(C)(CN=C(N)N1CCSCC1)C(N)=O. The van der Waals surface area contributed by atoms with Crippen LogP contribution in [-0.4, -0.2) is 47.9 Å². The third-order valence-corrected chi connectivity index (χ3v) is 3.58. The van der Waals surface area contributed by atoms with Crippen LogP contribution in [0.4, 0.5) is 0 Å². The third-order valence-electron chi connectivity index (χ3n) is 2.64. The molecule has 0 aromatic carbocycles. The van der Waals surface area contributed by atoms with Gasteiger partial charge < -0.3 is 16.4 Å². The van der Waals surface area contributed by atoms with Crippen LogP contribution in [0, 0.1) is 5.41 Å². The molecule has 1 saturated heterocycles. The summed E-state index contributed by atoms with van der Waals surface area (Å²) in [6.07, 6.45) is 0. The van der Waals surface area contributed by atoms with Gasteiger partial charge in [0.25, 0.3) is 0 Å². The molecule has 0 bridgehead atoms. The van der Waals surface area contributed by atoms with Crippen molar-refractivity contribution in [2.24, 2.45) is 21.9 Å². The fourth-order valence-corrected chi connectivity index (χ4v) is 2.15. The van der Waals surface area contributed by atoms with Crippen molar-refractivity contribution in [1.82, 2.24) is 4.90 Å². The van der Waals surface area contributed by atoms with Crippen LogP contribution in [0.2, 0.25) is 0 Å². The number of nitrogens with zero attached hydrogens (tertiary/aromatic N) is 2. The van der Waals surface area contributed by atoms with Crippen LogP contribution < -0.4 is 11.5 Å². The molecule has 92 valence electrons. The maximum absolute atomic E-state index is 11.1. The summed E-state index contributed by atoms with van der Waals surface area (Å²) < 4.78 is 0. The normalized spacial score (nSPS) is 18.6. The van der Waals surface area contributed by atoms with Crippen LogP contribution in [0.15, 0.2) is 4.99 Å². The maximum atomic E-state index is 11.1. The number of carbonyl (C=O) groups excluding carboxylic acids is 1. The van der Waals surface area contributed by atoms with Gasteiger partial charge in [-0.3, -0.25) is 9.79 Å². The molecule has 1 aliphatic rings. The molecule has 5 nitrogen and oxygen atoms in total. The molecule has 0 aromatic heterocycles. The number of amides is 1. The van der Waals surface area contributed by atoms with Gasteiger partial charge in [0, 0.05) is 24.6 Å². The molecule has 1 amide bonds. The number of guanidine groups is 1.